The minimum Gasteiger partial charge on any atom is -0.426 e. The average Bonchev–Trinajstić information content (AvgIpc) is 2.96. The number of fused-ring (bicyclic) bond motifs is 1. The van der Waals surface area contributed by atoms with E-state index < -0.39 is 5.92 Å². The first-order chi connectivity index (χ1) is 13.0. The molecule has 0 radical (unpaired) electrons. The number of amides is 1. The number of piperazine rings is 1. The zero-order valence-corrected chi connectivity index (χ0v) is 15.9. The van der Waals surface area contributed by atoms with Gasteiger partial charge in [0.1, 0.15) is 5.75 Å². The maximum Gasteiger partial charge on any atom is 0.319 e. The minimum atomic E-state index is -0.542. The van der Waals surface area contributed by atoms with Crippen LogP contribution in [0.15, 0.2) is 42.5 Å². The van der Waals surface area contributed by atoms with Crippen molar-refractivity contribution in [2.45, 2.75) is 19.3 Å². The number of ether oxygens (including phenoxy) is 1. The Bertz CT molecular complexity index is 891. The number of benzene rings is 2. The zero-order chi connectivity index (χ0) is 19.0. The molecule has 1 amide bonds. The van der Waals surface area contributed by atoms with Gasteiger partial charge < -0.3 is 14.5 Å². The molecule has 0 aliphatic carbocycles. The molecule has 0 N–H and O–H groups in total. The van der Waals surface area contributed by atoms with Crippen molar-refractivity contribution < 1.29 is 14.3 Å². The highest BCUT2D eigenvalue weighted by molar-refractivity contribution is 6.30. The Kier molecular flexibility index (Phi) is 4.79. The zero-order valence-electron chi connectivity index (χ0n) is 15.2. The predicted octanol–water partition coefficient (Wildman–Crippen LogP) is 3.39. The Labute approximate surface area is 163 Å². The van der Waals surface area contributed by atoms with Crippen LogP contribution in [0.3, 0.4) is 0 Å². The third-order valence-electron chi connectivity index (χ3n) is 5.22. The number of esters is 1. The van der Waals surface area contributed by atoms with E-state index >= 15 is 0 Å². The summed E-state index contributed by atoms with van der Waals surface area (Å²) < 4.78 is 5.27. The van der Waals surface area contributed by atoms with Crippen LogP contribution >= 0.6 is 11.6 Å². The molecular weight excluding hydrogens is 364 g/mol. The third-order valence-corrected chi connectivity index (χ3v) is 5.46. The van der Waals surface area contributed by atoms with E-state index in [4.69, 9.17) is 16.3 Å². The summed E-state index contributed by atoms with van der Waals surface area (Å²) in [5, 5.41) is 0.515. The van der Waals surface area contributed by atoms with Crippen LogP contribution in [-0.4, -0.2) is 43.0 Å². The van der Waals surface area contributed by atoms with E-state index in [0.717, 1.165) is 18.7 Å². The molecule has 4 rings (SSSR count). The minimum absolute atomic E-state index is 0.0105. The van der Waals surface area contributed by atoms with Crippen LogP contribution in [0.4, 0.5) is 5.69 Å². The SMILES string of the molecule is Cc1cccc(N2CCN(C(=O)CC3C(=O)Oc4cc(Cl)ccc43)CC2)c1. The number of nitrogens with zero attached hydrogens (tertiary/aromatic N) is 2. The van der Waals surface area contributed by atoms with E-state index in [9.17, 15) is 9.59 Å². The summed E-state index contributed by atoms with van der Waals surface area (Å²) in [4.78, 5) is 29.1. The highest BCUT2D eigenvalue weighted by atomic mass is 35.5. The predicted molar refractivity (Wildman–Crippen MR) is 104 cm³/mol. The van der Waals surface area contributed by atoms with Gasteiger partial charge in [-0.3, -0.25) is 9.59 Å². The van der Waals surface area contributed by atoms with E-state index in [1.54, 1.807) is 18.2 Å². The summed E-state index contributed by atoms with van der Waals surface area (Å²) in [6.45, 7) is 4.96. The summed E-state index contributed by atoms with van der Waals surface area (Å²) in [7, 11) is 0. The summed E-state index contributed by atoms with van der Waals surface area (Å²) in [6, 6.07) is 13.5. The number of hydrogen-bond donors (Lipinski definition) is 0. The monoisotopic (exact) mass is 384 g/mol. The van der Waals surface area contributed by atoms with Gasteiger partial charge in [-0.2, -0.15) is 0 Å². The number of anilines is 1. The van der Waals surface area contributed by atoms with E-state index in [0.29, 0.717) is 23.9 Å². The summed E-state index contributed by atoms with van der Waals surface area (Å²) in [5.41, 5.74) is 3.16. The molecule has 1 fully saturated rings. The van der Waals surface area contributed by atoms with Crippen LogP contribution < -0.4 is 9.64 Å². The number of hydrogen-bond acceptors (Lipinski definition) is 4. The van der Waals surface area contributed by atoms with Crippen molar-refractivity contribution in [2.24, 2.45) is 0 Å². The topological polar surface area (TPSA) is 49.9 Å². The molecule has 1 atom stereocenters. The fraction of sp³-hybridized carbons (Fsp3) is 0.333. The third kappa shape index (κ3) is 3.65. The molecule has 2 aliphatic rings. The fourth-order valence-corrected chi connectivity index (χ4v) is 3.89. The van der Waals surface area contributed by atoms with Crippen LogP contribution in [0, 0.1) is 6.92 Å². The van der Waals surface area contributed by atoms with Crippen molar-refractivity contribution in [3.63, 3.8) is 0 Å². The molecule has 2 aromatic carbocycles. The molecule has 0 aromatic heterocycles. The van der Waals surface area contributed by atoms with Crippen molar-refractivity contribution in [3.05, 3.63) is 58.6 Å². The molecule has 0 saturated carbocycles. The highest BCUT2D eigenvalue weighted by Crippen LogP contribution is 2.38. The quantitative estimate of drug-likeness (QED) is 0.601. The first-order valence-electron chi connectivity index (χ1n) is 9.12. The second kappa shape index (κ2) is 7.24. The number of carbonyl (C=O) groups is 2. The molecule has 2 aromatic rings. The van der Waals surface area contributed by atoms with Gasteiger partial charge in [0.2, 0.25) is 5.91 Å². The van der Waals surface area contributed by atoms with Crippen LogP contribution in [0.5, 0.6) is 5.75 Å². The van der Waals surface area contributed by atoms with Gasteiger partial charge in [-0.25, -0.2) is 0 Å². The van der Waals surface area contributed by atoms with E-state index in [-0.39, 0.29) is 18.3 Å². The van der Waals surface area contributed by atoms with E-state index in [1.165, 1.54) is 11.3 Å². The lowest BCUT2D eigenvalue weighted by Crippen LogP contribution is -2.49. The molecule has 140 valence electrons. The molecule has 0 spiro atoms. The number of halogens is 1. The Morgan fingerprint density at radius 3 is 2.67 bits per heavy atom. The Morgan fingerprint density at radius 1 is 1.15 bits per heavy atom. The molecule has 2 heterocycles. The van der Waals surface area contributed by atoms with Crippen LogP contribution in [0.2, 0.25) is 5.02 Å². The lowest BCUT2D eigenvalue weighted by Gasteiger charge is -2.36. The highest BCUT2D eigenvalue weighted by Gasteiger charge is 2.36. The van der Waals surface area contributed by atoms with Gasteiger partial charge in [0, 0.05) is 48.9 Å². The van der Waals surface area contributed by atoms with Crippen LogP contribution in [0.1, 0.15) is 23.5 Å². The first kappa shape index (κ1) is 17.9. The normalized spacial score (nSPS) is 19.0. The second-order valence-corrected chi connectivity index (χ2v) is 7.50. The molecule has 5 nitrogen and oxygen atoms in total. The van der Waals surface area contributed by atoms with Gasteiger partial charge >= 0.3 is 5.97 Å². The lowest BCUT2D eigenvalue weighted by atomic mass is 9.96. The average molecular weight is 385 g/mol. The Balaban J connectivity index is 1.38. The molecule has 6 heteroatoms. The van der Waals surface area contributed by atoms with Crippen molar-refractivity contribution in [3.8, 4) is 5.75 Å². The van der Waals surface area contributed by atoms with Crippen LogP contribution in [0.25, 0.3) is 0 Å². The summed E-state index contributed by atoms with van der Waals surface area (Å²) >= 11 is 5.95. The van der Waals surface area contributed by atoms with Gasteiger partial charge in [0.25, 0.3) is 0 Å². The van der Waals surface area contributed by atoms with Crippen LogP contribution in [-0.2, 0) is 9.59 Å². The van der Waals surface area contributed by atoms with Crippen molar-refractivity contribution >= 4 is 29.2 Å². The Hall–Kier alpha value is -2.53. The summed E-state index contributed by atoms with van der Waals surface area (Å²) in [6.07, 6.45) is 0.137. The van der Waals surface area contributed by atoms with Crippen molar-refractivity contribution in [1.82, 2.24) is 4.90 Å². The maximum absolute atomic E-state index is 12.7. The molecule has 0 bridgehead atoms. The van der Waals surface area contributed by atoms with Gasteiger partial charge in [-0.05, 0) is 36.8 Å². The number of carbonyl (C=O) groups excluding carboxylic acids is 2. The van der Waals surface area contributed by atoms with E-state index in [1.807, 2.05) is 4.90 Å². The molecule has 1 unspecified atom stereocenters. The smallest absolute Gasteiger partial charge is 0.319 e. The van der Waals surface area contributed by atoms with Crippen molar-refractivity contribution in [1.29, 1.82) is 0 Å². The van der Waals surface area contributed by atoms with Gasteiger partial charge in [-0.15, -0.1) is 0 Å². The Morgan fingerprint density at radius 2 is 1.93 bits per heavy atom. The fourth-order valence-electron chi connectivity index (χ4n) is 3.73. The molecular formula is C21H21ClN2O3. The number of rotatable bonds is 3. The second-order valence-electron chi connectivity index (χ2n) is 7.07. The summed E-state index contributed by atoms with van der Waals surface area (Å²) in [5.74, 6) is -0.461. The maximum atomic E-state index is 12.7. The van der Waals surface area contributed by atoms with E-state index in [2.05, 4.69) is 36.1 Å². The first-order valence-corrected chi connectivity index (χ1v) is 9.49. The molecule has 27 heavy (non-hydrogen) atoms. The molecule has 2 aliphatic heterocycles. The largest absolute Gasteiger partial charge is 0.426 e. The van der Waals surface area contributed by atoms with Gasteiger partial charge in [0.15, 0.2) is 0 Å². The van der Waals surface area contributed by atoms with Gasteiger partial charge in [0.05, 0.1) is 5.92 Å². The molecule has 1 saturated heterocycles. The van der Waals surface area contributed by atoms with Crippen molar-refractivity contribution in [2.75, 3.05) is 31.1 Å². The van der Waals surface area contributed by atoms with Gasteiger partial charge in [-0.1, -0.05) is 29.8 Å². The lowest BCUT2D eigenvalue weighted by molar-refractivity contribution is -0.139. The number of aryl methyl sites for hydroxylation is 1. The standard InChI is InChI=1S/C21H21ClN2O3/c1-14-3-2-4-16(11-14)23-7-9-24(10-8-23)20(25)13-18-17-6-5-15(22)12-19(17)27-21(18)26/h2-6,11-12,18H,7-10,13H2,1H3.